The van der Waals surface area contributed by atoms with E-state index in [4.69, 9.17) is 0 Å². The molecular weight excluding hydrogens is 234 g/mol. The van der Waals surface area contributed by atoms with Crippen molar-refractivity contribution in [3.63, 3.8) is 0 Å². The minimum atomic E-state index is 0.261. The maximum atomic E-state index is 10.1. The second kappa shape index (κ2) is 7.54. The van der Waals surface area contributed by atoms with E-state index in [-0.39, 0.29) is 6.04 Å². The Morgan fingerprint density at radius 1 is 1.16 bits per heavy atom. The van der Waals surface area contributed by atoms with Crippen molar-refractivity contribution in [2.75, 3.05) is 6.54 Å². The molecule has 0 aliphatic carbocycles. The number of hydrogen-bond acceptors (Lipinski definition) is 2. The molecule has 108 valence electrons. The van der Waals surface area contributed by atoms with E-state index in [9.17, 15) is 5.11 Å². The Hall–Kier alpha value is -1.02. The van der Waals surface area contributed by atoms with E-state index < -0.39 is 0 Å². The monoisotopic (exact) mass is 263 g/mol. The lowest BCUT2D eigenvalue weighted by Gasteiger charge is -2.33. The number of rotatable bonds is 7. The van der Waals surface area contributed by atoms with Crippen molar-refractivity contribution >= 4 is 0 Å². The number of hydrogen-bond donors (Lipinski definition) is 1. The van der Waals surface area contributed by atoms with Crippen molar-refractivity contribution < 1.29 is 5.11 Å². The van der Waals surface area contributed by atoms with Crippen LogP contribution in [-0.4, -0.2) is 22.6 Å². The molecule has 19 heavy (non-hydrogen) atoms. The van der Waals surface area contributed by atoms with Gasteiger partial charge in [0.05, 0.1) is 0 Å². The molecule has 1 aromatic carbocycles. The van der Waals surface area contributed by atoms with Gasteiger partial charge in [-0.3, -0.25) is 4.90 Å². The summed E-state index contributed by atoms with van der Waals surface area (Å²) in [6.07, 6.45) is 3.75. The summed E-state index contributed by atoms with van der Waals surface area (Å²) >= 11 is 0. The number of phenolic OH excluding ortho intramolecular Hbond substituents is 1. The van der Waals surface area contributed by atoms with Gasteiger partial charge in [0.25, 0.3) is 0 Å². The summed E-state index contributed by atoms with van der Waals surface area (Å²) in [6, 6.07) is 6.63. The highest BCUT2D eigenvalue weighted by Crippen LogP contribution is 2.30. The van der Waals surface area contributed by atoms with Gasteiger partial charge in [0.2, 0.25) is 0 Å². The Morgan fingerprint density at radius 2 is 1.84 bits per heavy atom. The van der Waals surface area contributed by atoms with Gasteiger partial charge in [0.1, 0.15) is 5.75 Å². The van der Waals surface area contributed by atoms with Crippen LogP contribution in [0.25, 0.3) is 0 Å². The highest BCUT2D eigenvalue weighted by Gasteiger charge is 2.20. The molecule has 1 N–H and O–H groups in total. The van der Waals surface area contributed by atoms with Gasteiger partial charge in [0.15, 0.2) is 0 Å². The van der Waals surface area contributed by atoms with Crippen LogP contribution in [0.1, 0.15) is 64.1 Å². The average Bonchev–Trinajstić information content (AvgIpc) is 2.36. The van der Waals surface area contributed by atoms with E-state index in [0.29, 0.717) is 11.8 Å². The van der Waals surface area contributed by atoms with E-state index in [1.54, 1.807) is 0 Å². The molecule has 0 bridgehead atoms. The first-order valence-corrected chi connectivity index (χ1v) is 7.52. The van der Waals surface area contributed by atoms with Gasteiger partial charge in [-0.1, -0.05) is 37.5 Å². The first-order valence-electron chi connectivity index (χ1n) is 7.52. The summed E-state index contributed by atoms with van der Waals surface area (Å²) in [5.74, 6) is 0.416. The number of aryl methyl sites for hydroxylation is 1. The topological polar surface area (TPSA) is 23.5 Å². The zero-order valence-corrected chi connectivity index (χ0v) is 13.1. The van der Waals surface area contributed by atoms with Crippen LogP contribution in [0.2, 0.25) is 0 Å². The van der Waals surface area contributed by atoms with Crippen molar-refractivity contribution in [1.29, 1.82) is 0 Å². The van der Waals surface area contributed by atoms with Gasteiger partial charge in [-0.05, 0) is 46.7 Å². The normalized spacial score (nSPS) is 13.2. The summed E-state index contributed by atoms with van der Waals surface area (Å²) in [4.78, 5) is 2.48. The molecule has 0 aliphatic heterocycles. The third-order valence-electron chi connectivity index (χ3n) is 3.81. The predicted octanol–water partition coefficient (Wildman–Crippen LogP) is 4.66. The van der Waals surface area contributed by atoms with E-state index >= 15 is 0 Å². The van der Waals surface area contributed by atoms with Crippen molar-refractivity contribution in [3.05, 3.63) is 29.3 Å². The molecule has 0 spiro atoms. The zero-order chi connectivity index (χ0) is 14.4. The first kappa shape index (κ1) is 16.0. The lowest BCUT2D eigenvalue weighted by Crippen LogP contribution is -2.34. The van der Waals surface area contributed by atoms with Crippen LogP contribution in [0.5, 0.6) is 5.75 Å². The third-order valence-corrected chi connectivity index (χ3v) is 3.81. The second-order valence-electron chi connectivity index (χ2n) is 5.78. The van der Waals surface area contributed by atoms with Crippen molar-refractivity contribution in [1.82, 2.24) is 4.90 Å². The van der Waals surface area contributed by atoms with Crippen LogP contribution >= 0.6 is 0 Å². The average molecular weight is 263 g/mol. The Balaban J connectivity index is 2.86. The van der Waals surface area contributed by atoms with Gasteiger partial charge < -0.3 is 5.11 Å². The van der Waals surface area contributed by atoms with E-state index in [1.165, 1.54) is 24.8 Å². The molecule has 2 nitrogen and oxygen atoms in total. The lowest BCUT2D eigenvalue weighted by molar-refractivity contribution is 0.159. The molecule has 1 rings (SSSR count). The number of unbranched alkanes of at least 4 members (excludes halogenated alkanes) is 2. The Labute approximate surface area is 118 Å². The Bertz CT molecular complexity index is 387. The number of benzene rings is 1. The summed E-state index contributed by atoms with van der Waals surface area (Å²) in [5.41, 5.74) is 2.25. The van der Waals surface area contributed by atoms with Crippen LogP contribution in [0.4, 0.5) is 0 Å². The smallest absolute Gasteiger partial charge is 0.120 e. The molecule has 0 heterocycles. The van der Waals surface area contributed by atoms with E-state index in [1.807, 2.05) is 12.1 Å². The van der Waals surface area contributed by atoms with Crippen molar-refractivity contribution in [3.8, 4) is 5.75 Å². The highest BCUT2D eigenvalue weighted by atomic mass is 16.3. The molecule has 0 radical (unpaired) electrons. The molecule has 0 fully saturated rings. The highest BCUT2D eigenvalue weighted by molar-refractivity contribution is 5.37. The Kier molecular flexibility index (Phi) is 6.36. The first-order chi connectivity index (χ1) is 8.97. The number of aromatic hydroxyl groups is 1. The fourth-order valence-corrected chi connectivity index (χ4v) is 2.63. The minimum absolute atomic E-state index is 0.261. The third kappa shape index (κ3) is 4.54. The van der Waals surface area contributed by atoms with Crippen LogP contribution in [0.15, 0.2) is 18.2 Å². The second-order valence-corrected chi connectivity index (χ2v) is 5.78. The minimum Gasteiger partial charge on any atom is -0.508 e. The molecule has 0 saturated heterocycles. The van der Waals surface area contributed by atoms with Crippen molar-refractivity contribution in [2.45, 2.75) is 66.0 Å². The summed E-state index contributed by atoms with van der Waals surface area (Å²) < 4.78 is 0. The molecular formula is C17H29NO. The van der Waals surface area contributed by atoms with Gasteiger partial charge in [0, 0.05) is 17.6 Å². The summed E-state index contributed by atoms with van der Waals surface area (Å²) in [7, 11) is 0. The van der Waals surface area contributed by atoms with Crippen LogP contribution < -0.4 is 0 Å². The van der Waals surface area contributed by atoms with Crippen LogP contribution in [0, 0.1) is 6.92 Å². The maximum Gasteiger partial charge on any atom is 0.120 e. The molecule has 1 atom stereocenters. The quantitative estimate of drug-likeness (QED) is 0.723. The van der Waals surface area contributed by atoms with Gasteiger partial charge in [-0.15, -0.1) is 0 Å². The predicted molar refractivity (Wildman–Crippen MR) is 82.6 cm³/mol. The maximum absolute atomic E-state index is 10.1. The molecule has 0 amide bonds. The standard InChI is InChI=1S/C17H29NO/c1-6-7-8-11-18(13(2)3)15(5)16-12-14(4)9-10-17(16)19/h9-10,12-13,15,19H,6-8,11H2,1-5H3. The largest absolute Gasteiger partial charge is 0.508 e. The zero-order valence-electron chi connectivity index (χ0n) is 13.1. The number of phenols is 1. The molecule has 1 aromatic rings. The fourth-order valence-electron chi connectivity index (χ4n) is 2.63. The Morgan fingerprint density at radius 3 is 2.42 bits per heavy atom. The van der Waals surface area contributed by atoms with Gasteiger partial charge in [-0.25, -0.2) is 0 Å². The number of nitrogens with zero attached hydrogens (tertiary/aromatic N) is 1. The summed E-state index contributed by atoms with van der Waals surface area (Å²) in [6.45, 7) is 12.1. The summed E-state index contributed by atoms with van der Waals surface area (Å²) in [5, 5.41) is 10.1. The van der Waals surface area contributed by atoms with Gasteiger partial charge in [-0.2, -0.15) is 0 Å². The molecule has 2 heteroatoms. The molecule has 0 aliphatic rings. The SMILES string of the molecule is CCCCCN(C(C)C)C(C)c1cc(C)ccc1O. The molecule has 1 unspecified atom stereocenters. The van der Waals surface area contributed by atoms with Gasteiger partial charge >= 0.3 is 0 Å². The van der Waals surface area contributed by atoms with E-state index in [0.717, 1.165) is 12.1 Å². The van der Waals surface area contributed by atoms with Crippen molar-refractivity contribution in [2.24, 2.45) is 0 Å². The van der Waals surface area contributed by atoms with E-state index in [2.05, 4.69) is 45.6 Å². The fraction of sp³-hybridized carbons (Fsp3) is 0.647. The van der Waals surface area contributed by atoms with Crippen LogP contribution in [0.3, 0.4) is 0 Å². The van der Waals surface area contributed by atoms with Crippen LogP contribution in [-0.2, 0) is 0 Å². The molecule has 0 saturated carbocycles. The lowest BCUT2D eigenvalue weighted by atomic mass is 10.0. The molecule has 0 aromatic heterocycles.